The van der Waals surface area contributed by atoms with Gasteiger partial charge in [0.15, 0.2) is 6.61 Å². The average molecular weight is 250 g/mol. The molecule has 0 atom stereocenters. The first-order valence-corrected chi connectivity index (χ1v) is 5.44. The summed E-state index contributed by atoms with van der Waals surface area (Å²) in [4.78, 5) is 24.4. The van der Waals surface area contributed by atoms with Gasteiger partial charge in [0.05, 0.1) is 5.69 Å². The quantitative estimate of drug-likeness (QED) is 0.854. The summed E-state index contributed by atoms with van der Waals surface area (Å²) >= 11 is 0. The van der Waals surface area contributed by atoms with Crippen molar-refractivity contribution in [2.45, 2.75) is 0 Å². The van der Waals surface area contributed by atoms with Gasteiger partial charge in [0.25, 0.3) is 5.91 Å². The minimum Gasteiger partial charge on any atom is -0.482 e. The Kier molecular flexibility index (Phi) is 3.47. The van der Waals surface area contributed by atoms with Crippen LogP contribution in [0.3, 0.4) is 0 Å². The maximum absolute atomic E-state index is 11.5. The van der Waals surface area contributed by atoms with E-state index >= 15 is 0 Å². The van der Waals surface area contributed by atoms with E-state index in [4.69, 9.17) is 9.47 Å². The lowest BCUT2D eigenvalue weighted by molar-refractivity contribution is -0.121. The Morgan fingerprint density at radius 3 is 3.06 bits per heavy atom. The predicted molar refractivity (Wildman–Crippen MR) is 65.9 cm³/mol. The van der Waals surface area contributed by atoms with E-state index in [2.05, 4.69) is 5.32 Å². The minimum atomic E-state index is -0.247. The third kappa shape index (κ3) is 2.43. The first kappa shape index (κ1) is 12.4. The van der Waals surface area contributed by atoms with Gasteiger partial charge in [-0.15, -0.1) is 0 Å². The number of nitrogens with zero attached hydrogens (tertiary/aromatic N) is 1. The van der Waals surface area contributed by atoms with E-state index < -0.39 is 0 Å². The van der Waals surface area contributed by atoms with Gasteiger partial charge in [-0.3, -0.25) is 9.59 Å². The third-order valence-corrected chi connectivity index (χ3v) is 2.60. The Bertz CT molecular complexity index is 487. The molecule has 1 N–H and O–H groups in total. The zero-order chi connectivity index (χ0) is 13.1. The summed E-state index contributed by atoms with van der Waals surface area (Å²) < 4.78 is 10.0. The van der Waals surface area contributed by atoms with Crippen molar-refractivity contribution in [2.24, 2.45) is 0 Å². The standard InChI is InChI=1S/C12H14N2O4/c1-14-9-5-8(13-11(15)6-17-2)3-4-10(9)18-7-12(14)16/h3-5H,6-7H2,1-2H3,(H,13,15). The lowest BCUT2D eigenvalue weighted by atomic mass is 10.2. The predicted octanol–water partition coefficient (Wildman–Crippen LogP) is 0.627. The summed E-state index contributed by atoms with van der Waals surface area (Å²) in [7, 11) is 3.12. The van der Waals surface area contributed by atoms with Gasteiger partial charge in [0.2, 0.25) is 5.91 Å². The van der Waals surface area contributed by atoms with E-state index in [0.717, 1.165) is 0 Å². The molecule has 0 spiro atoms. The molecule has 1 aromatic carbocycles. The Morgan fingerprint density at radius 1 is 1.56 bits per heavy atom. The van der Waals surface area contributed by atoms with Crippen LogP contribution in [-0.4, -0.2) is 39.2 Å². The molecule has 2 amide bonds. The molecule has 2 rings (SSSR count). The highest BCUT2D eigenvalue weighted by Gasteiger charge is 2.22. The maximum Gasteiger partial charge on any atom is 0.264 e. The summed E-state index contributed by atoms with van der Waals surface area (Å²) in [5, 5.41) is 2.67. The summed E-state index contributed by atoms with van der Waals surface area (Å²) in [6.45, 7) is 0.0290. The van der Waals surface area contributed by atoms with Crippen molar-refractivity contribution in [1.82, 2.24) is 0 Å². The molecule has 0 saturated heterocycles. The summed E-state index contributed by atoms with van der Waals surface area (Å²) in [5.41, 5.74) is 1.24. The molecule has 0 aliphatic carbocycles. The van der Waals surface area contributed by atoms with Crippen LogP contribution in [0.15, 0.2) is 18.2 Å². The van der Waals surface area contributed by atoms with E-state index in [1.54, 1.807) is 25.2 Å². The van der Waals surface area contributed by atoms with Gasteiger partial charge in [-0.2, -0.15) is 0 Å². The number of benzene rings is 1. The molecule has 96 valence electrons. The molecule has 1 aliphatic rings. The molecule has 18 heavy (non-hydrogen) atoms. The number of methoxy groups -OCH3 is 1. The number of fused-ring (bicyclic) bond motifs is 1. The number of carbonyl (C=O) groups excluding carboxylic acids is 2. The number of anilines is 2. The second kappa shape index (κ2) is 5.05. The fraction of sp³-hybridized carbons (Fsp3) is 0.333. The topological polar surface area (TPSA) is 67.9 Å². The van der Waals surface area contributed by atoms with Crippen molar-refractivity contribution in [3.8, 4) is 5.75 Å². The average Bonchev–Trinajstić information content (AvgIpc) is 2.35. The summed E-state index contributed by atoms with van der Waals surface area (Å²) in [6.07, 6.45) is 0. The van der Waals surface area contributed by atoms with Crippen LogP contribution in [-0.2, 0) is 14.3 Å². The van der Waals surface area contributed by atoms with Crippen LogP contribution in [0.1, 0.15) is 0 Å². The molecule has 6 heteroatoms. The normalized spacial score (nSPS) is 13.9. The van der Waals surface area contributed by atoms with Crippen LogP contribution in [0.25, 0.3) is 0 Å². The SMILES string of the molecule is COCC(=O)Nc1ccc2c(c1)N(C)C(=O)CO2. The smallest absolute Gasteiger partial charge is 0.264 e. The van der Waals surface area contributed by atoms with Gasteiger partial charge in [-0.25, -0.2) is 0 Å². The van der Waals surface area contributed by atoms with Gasteiger partial charge in [-0.1, -0.05) is 0 Å². The molecular formula is C12H14N2O4. The van der Waals surface area contributed by atoms with E-state index in [9.17, 15) is 9.59 Å². The highest BCUT2D eigenvalue weighted by atomic mass is 16.5. The van der Waals surface area contributed by atoms with E-state index in [-0.39, 0.29) is 25.0 Å². The molecule has 0 bridgehead atoms. The molecule has 0 aromatic heterocycles. The first-order chi connectivity index (χ1) is 8.61. The Hall–Kier alpha value is -2.08. The van der Waals surface area contributed by atoms with Crippen LogP contribution in [0.5, 0.6) is 5.75 Å². The van der Waals surface area contributed by atoms with Crippen LogP contribution >= 0.6 is 0 Å². The monoisotopic (exact) mass is 250 g/mol. The molecule has 1 aromatic rings. The molecule has 0 unspecified atom stereocenters. The van der Waals surface area contributed by atoms with Crippen molar-refractivity contribution in [3.05, 3.63) is 18.2 Å². The third-order valence-electron chi connectivity index (χ3n) is 2.60. The molecule has 1 heterocycles. The van der Waals surface area contributed by atoms with Gasteiger partial charge in [-0.05, 0) is 18.2 Å². The fourth-order valence-corrected chi connectivity index (χ4v) is 1.68. The highest BCUT2D eigenvalue weighted by Crippen LogP contribution is 2.33. The van der Waals surface area contributed by atoms with Crippen molar-refractivity contribution in [2.75, 3.05) is 37.6 Å². The molecule has 6 nitrogen and oxygen atoms in total. The number of hydrogen-bond donors (Lipinski definition) is 1. The number of amides is 2. The summed E-state index contributed by atoms with van der Waals surface area (Å²) in [5.74, 6) is 0.257. The van der Waals surface area contributed by atoms with Gasteiger partial charge < -0.3 is 19.7 Å². The highest BCUT2D eigenvalue weighted by molar-refractivity contribution is 5.99. The van der Waals surface area contributed by atoms with Crippen LogP contribution in [0.4, 0.5) is 11.4 Å². The van der Waals surface area contributed by atoms with Gasteiger partial charge in [0, 0.05) is 19.8 Å². The van der Waals surface area contributed by atoms with E-state index in [0.29, 0.717) is 17.1 Å². The molecule has 0 fully saturated rings. The number of ether oxygens (including phenoxy) is 2. The van der Waals surface area contributed by atoms with Crippen LogP contribution < -0.4 is 15.0 Å². The molecule has 1 aliphatic heterocycles. The van der Waals surface area contributed by atoms with Crippen LogP contribution in [0, 0.1) is 0 Å². The Morgan fingerprint density at radius 2 is 2.33 bits per heavy atom. The van der Waals surface area contributed by atoms with Crippen molar-refractivity contribution >= 4 is 23.2 Å². The number of carbonyl (C=O) groups is 2. The van der Waals surface area contributed by atoms with Crippen molar-refractivity contribution in [3.63, 3.8) is 0 Å². The molecule has 0 radical (unpaired) electrons. The van der Waals surface area contributed by atoms with Crippen molar-refractivity contribution < 1.29 is 19.1 Å². The summed E-state index contributed by atoms with van der Waals surface area (Å²) in [6, 6.07) is 5.14. The Labute approximate surface area is 104 Å². The molecule has 0 saturated carbocycles. The van der Waals surface area contributed by atoms with Crippen LogP contribution in [0.2, 0.25) is 0 Å². The maximum atomic E-state index is 11.5. The lowest BCUT2D eigenvalue weighted by Gasteiger charge is -2.26. The number of rotatable bonds is 3. The second-order valence-electron chi connectivity index (χ2n) is 3.91. The largest absolute Gasteiger partial charge is 0.482 e. The van der Waals surface area contributed by atoms with E-state index in [1.165, 1.54) is 12.0 Å². The minimum absolute atomic E-state index is 0.0116. The van der Waals surface area contributed by atoms with Gasteiger partial charge >= 0.3 is 0 Å². The molecular weight excluding hydrogens is 236 g/mol. The van der Waals surface area contributed by atoms with Crippen molar-refractivity contribution in [1.29, 1.82) is 0 Å². The fourth-order valence-electron chi connectivity index (χ4n) is 1.68. The first-order valence-electron chi connectivity index (χ1n) is 5.44. The number of nitrogens with one attached hydrogen (secondary N) is 1. The van der Waals surface area contributed by atoms with E-state index in [1.807, 2.05) is 0 Å². The van der Waals surface area contributed by atoms with Gasteiger partial charge in [0.1, 0.15) is 12.4 Å². The second-order valence-corrected chi connectivity index (χ2v) is 3.91. The zero-order valence-electron chi connectivity index (χ0n) is 10.2. The Balaban J connectivity index is 2.21. The number of likely N-dealkylation sites (N-methyl/N-ethyl adjacent to an activating group) is 1. The zero-order valence-corrected chi connectivity index (χ0v) is 10.2. The lowest BCUT2D eigenvalue weighted by Crippen LogP contribution is -2.35. The number of hydrogen-bond acceptors (Lipinski definition) is 4.